The molecule has 0 amide bonds. The maximum absolute atomic E-state index is 11.1. The summed E-state index contributed by atoms with van der Waals surface area (Å²) in [6.45, 7) is 4.31. The van der Waals surface area contributed by atoms with E-state index < -0.39 is 17.7 Å². The number of aromatic hydroxyl groups is 2. The molecule has 0 unspecified atom stereocenters. The highest BCUT2D eigenvalue weighted by Crippen LogP contribution is 2.45. The van der Waals surface area contributed by atoms with Crippen LogP contribution < -0.4 is 9.47 Å². The van der Waals surface area contributed by atoms with Gasteiger partial charge < -0.3 is 19.7 Å². The van der Waals surface area contributed by atoms with Crippen molar-refractivity contribution in [3.8, 4) is 23.0 Å². The van der Waals surface area contributed by atoms with Crippen molar-refractivity contribution in [1.82, 2.24) is 0 Å². The summed E-state index contributed by atoms with van der Waals surface area (Å²) in [7, 11) is 0. The van der Waals surface area contributed by atoms with Gasteiger partial charge >= 0.3 is 11.9 Å². The van der Waals surface area contributed by atoms with E-state index in [0.29, 0.717) is 12.0 Å². The third-order valence-electron chi connectivity index (χ3n) is 2.58. The molecule has 0 radical (unpaired) electrons. The first kappa shape index (κ1) is 15.8. The second-order valence-corrected chi connectivity index (χ2v) is 4.34. The third kappa shape index (κ3) is 3.88. The Bertz CT molecular complexity index is 521. The predicted molar refractivity (Wildman–Crippen MR) is 71.0 cm³/mol. The van der Waals surface area contributed by atoms with Gasteiger partial charge in [-0.25, -0.2) is 0 Å². The van der Waals surface area contributed by atoms with E-state index in [2.05, 4.69) is 0 Å². The second-order valence-electron chi connectivity index (χ2n) is 4.34. The van der Waals surface area contributed by atoms with Crippen LogP contribution in [0, 0.1) is 0 Å². The molecule has 0 aliphatic heterocycles. The Morgan fingerprint density at radius 1 is 1.15 bits per heavy atom. The minimum atomic E-state index is -0.658. The Balaban J connectivity index is 3.32. The summed E-state index contributed by atoms with van der Waals surface area (Å²) in [5.74, 6) is -2.37. The molecule has 0 heterocycles. The Hall–Kier alpha value is -2.24. The minimum Gasteiger partial charge on any atom is -0.507 e. The molecule has 0 aliphatic carbocycles. The third-order valence-corrected chi connectivity index (χ3v) is 2.58. The van der Waals surface area contributed by atoms with Crippen LogP contribution in [0.15, 0.2) is 6.07 Å². The number of unbranched alkanes of at least 4 members (excludes halogenated alkanes) is 1. The number of hydrogen-bond donors (Lipinski definition) is 2. The van der Waals surface area contributed by atoms with Crippen LogP contribution in [0.2, 0.25) is 0 Å². The van der Waals surface area contributed by atoms with Crippen LogP contribution in [-0.4, -0.2) is 22.2 Å². The Morgan fingerprint density at radius 2 is 1.75 bits per heavy atom. The fraction of sp³-hybridized carbons (Fsp3) is 0.429. The smallest absolute Gasteiger partial charge is 0.308 e. The molecule has 2 N–H and O–H groups in total. The number of carbonyl (C=O) groups is 2. The zero-order valence-electron chi connectivity index (χ0n) is 11.7. The average Bonchev–Trinajstić information content (AvgIpc) is 2.33. The van der Waals surface area contributed by atoms with E-state index in [1.807, 2.05) is 6.92 Å². The van der Waals surface area contributed by atoms with E-state index >= 15 is 0 Å². The number of phenolic OH excluding ortho intramolecular Hbond substituents is 2. The van der Waals surface area contributed by atoms with E-state index in [-0.39, 0.29) is 17.2 Å². The molecule has 0 aliphatic rings. The molecule has 0 spiro atoms. The lowest BCUT2D eigenvalue weighted by Gasteiger charge is -2.15. The largest absolute Gasteiger partial charge is 0.507 e. The van der Waals surface area contributed by atoms with Crippen molar-refractivity contribution in [3.05, 3.63) is 11.6 Å². The summed E-state index contributed by atoms with van der Waals surface area (Å²) in [5, 5.41) is 20.0. The topological polar surface area (TPSA) is 93.1 Å². The summed E-state index contributed by atoms with van der Waals surface area (Å²) >= 11 is 0. The van der Waals surface area contributed by atoms with Gasteiger partial charge in [-0.05, 0) is 12.8 Å². The Morgan fingerprint density at radius 3 is 2.25 bits per heavy atom. The average molecular weight is 282 g/mol. The fourth-order valence-corrected chi connectivity index (χ4v) is 1.73. The van der Waals surface area contributed by atoms with Crippen molar-refractivity contribution in [2.24, 2.45) is 0 Å². The van der Waals surface area contributed by atoms with E-state index in [9.17, 15) is 19.8 Å². The number of phenols is 2. The first-order chi connectivity index (χ1) is 9.36. The van der Waals surface area contributed by atoms with Crippen molar-refractivity contribution in [2.45, 2.75) is 40.0 Å². The SMILES string of the molecule is CCCCc1c(O)cc(OC(C)=O)c(O)c1OC(C)=O. The second kappa shape index (κ2) is 6.79. The maximum atomic E-state index is 11.1. The summed E-state index contributed by atoms with van der Waals surface area (Å²) in [6, 6.07) is 1.13. The van der Waals surface area contributed by atoms with Crippen LogP contribution in [0.25, 0.3) is 0 Å². The number of carbonyl (C=O) groups excluding carboxylic acids is 2. The summed E-state index contributed by atoms with van der Waals surface area (Å²) in [5.41, 5.74) is 0.315. The molecule has 0 saturated heterocycles. The molecular formula is C14H18O6. The normalized spacial score (nSPS) is 10.2. The first-order valence-corrected chi connectivity index (χ1v) is 6.31. The summed E-state index contributed by atoms with van der Waals surface area (Å²) in [6.07, 6.45) is 2.04. The molecule has 1 aromatic carbocycles. The number of rotatable bonds is 5. The molecule has 0 aromatic heterocycles. The molecule has 6 nitrogen and oxygen atoms in total. The zero-order chi connectivity index (χ0) is 15.3. The number of hydrogen-bond acceptors (Lipinski definition) is 6. The van der Waals surface area contributed by atoms with Crippen molar-refractivity contribution >= 4 is 11.9 Å². The molecule has 0 atom stereocenters. The molecule has 1 aromatic rings. The summed E-state index contributed by atoms with van der Waals surface area (Å²) < 4.78 is 9.70. The van der Waals surface area contributed by atoms with Gasteiger partial charge in [0.25, 0.3) is 0 Å². The monoisotopic (exact) mass is 282 g/mol. The zero-order valence-corrected chi connectivity index (χ0v) is 11.7. The number of benzene rings is 1. The van der Waals surface area contributed by atoms with Crippen molar-refractivity contribution in [2.75, 3.05) is 0 Å². The Kier molecular flexibility index (Phi) is 5.37. The lowest BCUT2D eigenvalue weighted by atomic mass is 10.0. The van der Waals surface area contributed by atoms with Gasteiger partial charge in [-0.15, -0.1) is 0 Å². The fourth-order valence-electron chi connectivity index (χ4n) is 1.73. The van der Waals surface area contributed by atoms with Crippen LogP contribution in [0.1, 0.15) is 39.2 Å². The van der Waals surface area contributed by atoms with E-state index in [0.717, 1.165) is 25.8 Å². The van der Waals surface area contributed by atoms with E-state index in [1.54, 1.807) is 0 Å². The number of ether oxygens (including phenoxy) is 2. The van der Waals surface area contributed by atoms with Gasteiger partial charge in [0.15, 0.2) is 11.5 Å². The van der Waals surface area contributed by atoms with Crippen molar-refractivity contribution < 1.29 is 29.3 Å². The Labute approximate surface area is 116 Å². The van der Waals surface area contributed by atoms with Gasteiger partial charge in [-0.1, -0.05) is 13.3 Å². The maximum Gasteiger partial charge on any atom is 0.308 e. The van der Waals surface area contributed by atoms with Crippen molar-refractivity contribution in [1.29, 1.82) is 0 Å². The van der Waals surface area contributed by atoms with Crippen LogP contribution in [-0.2, 0) is 16.0 Å². The highest BCUT2D eigenvalue weighted by atomic mass is 16.6. The van der Waals surface area contributed by atoms with Crippen LogP contribution in [0.5, 0.6) is 23.0 Å². The molecule has 1 rings (SSSR count). The van der Waals surface area contributed by atoms with Gasteiger partial charge in [0.1, 0.15) is 5.75 Å². The molecule has 6 heteroatoms. The quantitative estimate of drug-likeness (QED) is 0.489. The van der Waals surface area contributed by atoms with Crippen molar-refractivity contribution in [3.63, 3.8) is 0 Å². The lowest BCUT2D eigenvalue weighted by molar-refractivity contribution is -0.132. The van der Waals surface area contributed by atoms with Gasteiger partial charge in [-0.3, -0.25) is 9.59 Å². The van der Waals surface area contributed by atoms with Gasteiger partial charge in [0.05, 0.1) is 0 Å². The predicted octanol–water partition coefficient (Wildman–Crippen LogP) is 2.29. The van der Waals surface area contributed by atoms with Gasteiger partial charge in [0.2, 0.25) is 5.75 Å². The molecule has 20 heavy (non-hydrogen) atoms. The van der Waals surface area contributed by atoms with Crippen LogP contribution in [0.4, 0.5) is 0 Å². The highest BCUT2D eigenvalue weighted by Gasteiger charge is 2.22. The lowest BCUT2D eigenvalue weighted by Crippen LogP contribution is -2.07. The van der Waals surface area contributed by atoms with Gasteiger partial charge in [0, 0.05) is 25.5 Å². The molecule has 0 saturated carbocycles. The van der Waals surface area contributed by atoms with Gasteiger partial charge in [-0.2, -0.15) is 0 Å². The summed E-state index contributed by atoms with van der Waals surface area (Å²) in [4.78, 5) is 22.1. The molecular weight excluding hydrogens is 264 g/mol. The molecule has 0 bridgehead atoms. The van der Waals surface area contributed by atoms with Crippen LogP contribution >= 0.6 is 0 Å². The van der Waals surface area contributed by atoms with Crippen LogP contribution in [0.3, 0.4) is 0 Å². The first-order valence-electron chi connectivity index (χ1n) is 6.31. The molecule has 0 fully saturated rings. The minimum absolute atomic E-state index is 0.165. The highest BCUT2D eigenvalue weighted by molar-refractivity contribution is 5.76. The number of esters is 2. The van der Waals surface area contributed by atoms with E-state index in [1.165, 1.54) is 6.92 Å². The van der Waals surface area contributed by atoms with E-state index in [4.69, 9.17) is 9.47 Å². The molecule has 110 valence electrons. The standard InChI is InChI=1S/C14H18O6/c1-4-5-6-10-11(17)7-12(19-8(2)15)13(18)14(10)20-9(3)16/h7,17-18H,4-6H2,1-3H3.